The number of thioether (sulfide) groups is 1. The molecule has 1 aliphatic rings. The van der Waals surface area contributed by atoms with E-state index in [1.165, 1.54) is 0 Å². The number of ether oxygens (including phenoxy) is 1. The van der Waals surface area contributed by atoms with Crippen LogP contribution in [-0.2, 0) is 10.5 Å². The van der Waals surface area contributed by atoms with Gasteiger partial charge in [0.15, 0.2) is 0 Å². The third-order valence-electron chi connectivity index (χ3n) is 2.59. The molecule has 0 aliphatic carbocycles. The van der Waals surface area contributed by atoms with Crippen LogP contribution in [0.1, 0.15) is 18.9 Å². The molecule has 88 valence electrons. The zero-order chi connectivity index (χ0) is 11.5. The second kappa shape index (κ2) is 5.63. The van der Waals surface area contributed by atoms with E-state index in [0.29, 0.717) is 11.4 Å². The molecule has 16 heavy (non-hydrogen) atoms. The van der Waals surface area contributed by atoms with E-state index in [9.17, 15) is 0 Å². The van der Waals surface area contributed by atoms with Crippen molar-refractivity contribution >= 4 is 35.0 Å². The van der Waals surface area contributed by atoms with Crippen molar-refractivity contribution in [3.8, 4) is 0 Å². The molecule has 1 unspecified atom stereocenters. The fraction of sp³-hybridized carbons (Fsp3) is 0.500. The van der Waals surface area contributed by atoms with Gasteiger partial charge < -0.3 is 4.74 Å². The van der Waals surface area contributed by atoms with Gasteiger partial charge in [-0.25, -0.2) is 0 Å². The van der Waals surface area contributed by atoms with E-state index < -0.39 is 0 Å². The number of hydrogen-bond acceptors (Lipinski definition) is 2. The van der Waals surface area contributed by atoms with Crippen LogP contribution in [0.15, 0.2) is 18.2 Å². The summed E-state index contributed by atoms with van der Waals surface area (Å²) >= 11 is 13.8. The van der Waals surface area contributed by atoms with Crippen LogP contribution in [0.3, 0.4) is 0 Å². The first-order valence-electron chi connectivity index (χ1n) is 5.32. The molecular formula is C12H14Cl2OS. The van der Waals surface area contributed by atoms with Gasteiger partial charge in [-0.05, 0) is 36.1 Å². The summed E-state index contributed by atoms with van der Waals surface area (Å²) in [5, 5.41) is 1.52. The molecular weight excluding hydrogens is 263 g/mol. The van der Waals surface area contributed by atoms with Gasteiger partial charge in [-0.1, -0.05) is 30.1 Å². The molecule has 1 fully saturated rings. The number of hydrogen-bond donors (Lipinski definition) is 0. The first kappa shape index (κ1) is 12.6. The second-order valence-corrected chi connectivity index (χ2v) is 6.14. The summed E-state index contributed by atoms with van der Waals surface area (Å²) < 4.78 is 5.64. The summed E-state index contributed by atoms with van der Waals surface area (Å²) in [5.41, 5.74) is 1.40. The van der Waals surface area contributed by atoms with Gasteiger partial charge in [0.25, 0.3) is 0 Å². The van der Waals surface area contributed by atoms with Crippen LogP contribution in [0.2, 0.25) is 10.0 Å². The molecule has 0 bridgehead atoms. The highest BCUT2D eigenvalue weighted by atomic mass is 35.5. The largest absolute Gasteiger partial charge is 0.367 e. The second-order valence-electron chi connectivity index (χ2n) is 4.15. The Morgan fingerprint density at radius 1 is 1.44 bits per heavy atom. The molecule has 1 nitrogen and oxygen atoms in total. The minimum atomic E-state index is 0.310. The van der Waals surface area contributed by atoms with E-state index in [-0.39, 0.29) is 0 Å². The highest BCUT2D eigenvalue weighted by molar-refractivity contribution is 7.99. The minimum Gasteiger partial charge on any atom is -0.367 e. The SMILES string of the molecule is C[C@H]1COC(SCc2cc(Cl)ccc2Cl)C1. The molecule has 0 N–H and O–H groups in total. The fourth-order valence-electron chi connectivity index (χ4n) is 1.69. The lowest BCUT2D eigenvalue weighted by Crippen LogP contribution is -1.99. The molecule has 0 spiro atoms. The normalized spacial score (nSPS) is 24.9. The molecule has 1 heterocycles. The number of rotatable bonds is 3. The average molecular weight is 277 g/mol. The maximum absolute atomic E-state index is 6.10. The van der Waals surface area contributed by atoms with E-state index in [0.717, 1.165) is 34.4 Å². The Hall–Kier alpha value is 0.110. The standard InChI is InChI=1S/C12H14Cl2OS/c1-8-4-12(15-6-8)16-7-9-5-10(13)2-3-11(9)14/h2-3,5,8,12H,4,6-7H2,1H3/t8-,12?/m1/s1. The summed E-state index contributed by atoms with van der Waals surface area (Å²) in [6.07, 6.45) is 1.13. The topological polar surface area (TPSA) is 9.23 Å². The van der Waals surface area contributed by atoms with Gasteiger partial charge in [-0.2, -0.15) is 0 Å². The molecule has 0 saturated carbocycles. The first-order chi connectivity index (χ1) is 7.65. The van der Waals surface area contributed by atoms with Crippen LogP contribution in [0.25, 0.3) is 0 Å². The Morgan fingerprint density at radius 2 is 2.25 bits per heavy atom. The molecule has 2 atom stereocenters. The molecule has 0 aromatic heterocycles. The lowest BCUT2D eigenvalue weighted by molar-refractivity contribution is 0.166. The summed E-state index contributed by atoms with van der Waals surface area (Å²) in [4.78, 5) is 0. The Balaban J connectivity index is 1.91. The van der Waals surface area contributed by atoms with Crippen molar-refractivity contribution in [2.75, 3.05) is 6.61 Å². The average Bonchev–Trinajstić information content (AvgIpc) is 2.66. The lowest BCUT2D eigenvalue weighted by Gasteiger charge is -2.10. The lowest BCUT2D eigenvalue weighted by atomic mass is 10.2. The zero-order valence-electron chi connectivity index (χ0n) is 9.08. The Bertz CT molecular complexity index is 370. The molecule has 2 rings (SSSR count). The molecule has 1 aromatic rings. The van der Waals surface area contributed by atoms with Gasteiger partial charge in [0.2, 0.25) is 0 Å². The monoisotopic (exact) mass is 276 g/mol. The fourth-order valence-corrected chi connectivity index (χ4v) is 3.39. The van der Waals surface area contributed by atoms with Crippen LogP contribution in [0, 0.1) is 5.92 Å². The molecule has 1 aliphatic heterocycles. The zero-order valence-corrected chi connectivity index (χ0v) is 11.4. The van der Waals surface area contributed by atoms with E-state index in [1.807, 2.05) is 18.2 Å². The predicted molar refractivity (Wildman–Crippen MR) is 71.3 cm³/mol. The van der Waals surface area contributed by atoms with Crippen molar-refractivity contribution < 1.29 is 4.74 Å². The maximum Gasteiger partial charge on any atom is 0.103 e. The highest BCUT2D eigenvalue weighted by Gasteiger charge is 2.22. The van der Waals surface area contributed by atoms with Crippen molar-refractivity contribution in [3.63, 3.8) is 0 Å². The van der Waals surface area contributed by atoms with Gasteiger partial charge in [0.1, 0.15) is 5.44 Å². The number of benzene rings is 1. The van der Waals surface area contributed by atoms with Crippen LogP contribution >= 0.6 is 35.0 Å². The van der Waals surface area contributed by atoms with Crippen molar-refractivity contribution in [1.29, 1.82) is 0 Å². The summed E-state index contributed by atoms with van der Waals surface area (Å²) in [5.74, 6) is 1.53. The van der Waals surface area contributed by atoms with E-state index in [4.69, 9.17) is 27.9 Å². The van der Waals surface area contributed by atoms with E-state index in [2.05, 4.69) is 6.92 Å². The summed E-state index contributed by atoms with van der Waals surface area (Å²) in [7, 11) is 0. The smallest absolute Gasteiger partial charge is 0.103 e. The van der Waals surface area contributed by atoms with Crippen molar-refractivity contribution in [2.45, 2.75) is 24.5 Å². The van der Waals surface area contributed by atoms with Crippen LogP contribution in [-0.4, -0.2) is 12.0 Å². The molecule has 0 radical (unpaired) electrons. The van der Waals surface area contributed by atoms with Crippen LogP contribution < -0.4 is 0 Å². The Labute approximate surface area is 110 Å². The van der Waals surface area contributed by atoms with E-state index >= 15 is 0 Å². The highest BCUT2D eigenvalue weighted by Crippen LogP contribution is 2.32. The number of halogens is 2. The van der Waals surface area contributed by atoms with Crippen molar-refractivity contribution in [3.05, 3.63) is 33.8 Å². The van der Waals surface area contributed by atoms with E-state index in [1.54, 1.807) is 11.8 Å². The van der Waals surface area contributed by atoms with Crippen molar-refractivity contribution in [1.82, 2.24) is 0 Å². The third kappa shape index (κ3) is 3.30. The van der Waals surface area contributed by atoms with Gasteiger partial charge in [0, 0.05) is 15.8 Å². The summed E-state index contributed by atoms with van der Waals surface area (Å²) in [6, 6.07) is 5.58. The Morgan fingerprint density at radius 3 is 2.94 bits per heavy atom. The van der Waals surface area contributed by atoms with Gasteiger partial charge in [-0.3, -0.25) is 0 Å². The molecule has 0 amide bonds. The predicted octanol–water partition coefficient (Wildman–Crippen LogP) is 4.61. The van der Waals surface area contributed by atoms with Crippen LogP contribution in [0.4, 0.5) is 0 Å². The van der Waals surface area contributed by atoms with Crippen LogP contribution in [0.5, 0.6) is 0 Å². The first-order valence-corrected chi connectivity index (χ1v) is 7.13. The Kier molecular flexibility index (Phi) is 4.42. The van der Waals surface area contributed by atoms with Gasteiger partial charge in [-0.15, -0.1) is 11.8 Å². The summed E-state index contributed by atoms with van der Waals surface area (Å²) in [6.45, 7) is 3.09. The molecule has 1 saturated heterocycles. The minimum absolute atomic E-state index is 0.310. The van der Waals surface area contributed by atoms with Gasteiger partial charge in [0.05, 0.1) is 6.61 Å². The van der Waals surface area contributed by atoms with Gasteiger partial charge >= 0.3 is 0 Å². The molecule has 1 aromatic carbocycles. The molecule has 4 heteroatoms. The third-order valence-corrected chi connectivity index (χ3v) is 4.38. The maximum atomic E-state index is 6.10. The van der Waals surface area contributed by atoms with Crippen molar-refractivity contribution in [2.24, 2.45) is 5.92 Å². The quantitative estimate of drug-likeness (QED) is 0.798.